The third-order valence-corrected chi connectivity index (χ3v) is 4.20. The Bertz CT molecular complexity index is 840. The zero-order valence-corrected chi connectivity index (χ0v) is 14.2. The second kappa shape index (κ2) is 7.41. The Morgan fingerprint density at radius 2 is 2.00 bits per heavy atom. The first-order valence-electron chi connectivity index (χ1n) is 7.81. The van der Waals surface area contributed by atoms with Crippen molar-refractivity contribution >= 4 is 28.4 Å². The van der Waals surface area contributed by atoms with Crippen LogP contribution in [0.4, 0.5) is 0 Å². The Kier molecular flexibility index (Phi) is 5.06. The van der Waals surface area contributed by atoms with Gasteiger partial charge in [-0.15, -0.1) is 0 Å². The monoisotopic (exact) mass is 342 g/mol. The zero-order chi connectivity index (χ0) is 16.9. The van der Waals surface area contributed by atoms with Crippen molar-refractivity contribution in [3.63, 3.8) is 0 Å². The highest BCUT2D eigenvalue weighted by Gasteiger charge is 2.06. The summed E-state index contributed by atoms with van der Waals surface area (Å²) in [4.78, 5) is 15.3. The highest BCUT2D eigenvalue weighted by molar-refractivity contribution is 6.31. The third kappa shape index (κ3) is 3.89. The summed E-state index contributed by atoms with van der Waals surface area (Å²) in [6.07, 6.45) is 3.09. The molecule has 0 fully saturated rings. The van der Waals surface area contributed by atoms with Crippen LogP contribution in [0.5, 0.6) is 5.75 Å². The molecule has 124 valence electrons. The van der Waals surface area contributed by atoms with Gasteiger partial charge in [0.25, 0.3) is 0 Å². The van der Waals surface area contributed by atoms with Gasteiger partial charge in [-0.2, -0.15) is 0 Å². The van der Waals surface area contributed by atoms with Crippen LogP contribution in [-0.2, 0) is 17.6 Å². The van der Waals surface area contributed by atoms with Crippen molar-refractivity contribution < 1.29 is 9.53 Å². The third-order valence-electron chi connectivity index (χ3n) is 3.97. The van der Waals surface area contributed by atoms with E-state index >= 15 is 0 Å². The number of carbonyl (C=O) groups is 1. The number of aromatic nitrogens is 1. The van der Waals surface area contributed by atoms with Crippen molar-refractivity contribution in [2.24, 2.45) is 0 Å². The van der Waals surface area contributed by atoms with E-state index in [2.05, 4.69) is 10.3 Å². The maximum Gasteiger partial charge on any atom is 0.224 e. The SMILES string of the molecule is COc1ccc(CC(=O)NCCc2c[nH]c3ccc(Cl)cc23)cc1. The Hall–Kier alpha value is -2.46. The Morgan fingerprint density at radius 1 is 1.21 bits per heavy atom. The number of benzene rings is 2. The van der Waals surface area contributed by atoms with Gasteiger partial charge in [-0.3, -0.25) is 4.79 Å². The van der Waals surface area contributed by atoms with Gasteiger partial charge in [-0.25, -0.2) is 0 Å². The molecule has 0 saturated carbocycles. The van der Waals surface area contributed by atoms with Gasteiger partial charge in [-0.05, 0) is 47.9 Å². The molecular weight excluding hydrogens is 324 g/mol. The fraction of sp³-hybridized carbons (Fsp3) is 0.211. The number of methoxy groups -OCH3 is 1. The highest BCUT2D eigenvalue weighted by atomic mass is 35.5. The molecule has 1 amide bonds. The smallest absolute Gasteiger partial charge is 0.224 e. The van der Waals surface area contributed by atoms with E-state index in [1.54, 1.807) is 7.11 Å². The predicted octanol–water partition coefficient (Wildman–Crippen LogP) is 3.73. The maximum atomic E-state index is 12.0. The largest absolute Gasteiger partial charge is 0.497 e. The minimum Gasteiger partial charge on any atom is -0.497 e. The number of hydrogen-bond donors (Lipinski definition) is 2. The van der Waals surface area contributed by atoms with Crippen molar-refractivity contribution in [2.45, 2.75) is 12.8 Å². The van der Waals surface area contributed by atoms with Crippen LogP contribution >= 0.6 is 11.6 Å². The fourth-order valence-corrected chi connectivity index (χ4v) is 2.86. The molecule has 5 heteroatoms. The first-order chi connectivity index (χ1) is 11.7. The van der Waals surface area contributed by atoms with E-state index in [1.165, 1.54) is 0 Å². The number of nitrogens with one attached hydrogen (secondary N) is 2. The molecule has 0 saturated heterocycles. The number of carbonyl (C=O) groups excluding carboxylic acids is 1. The van der Waals surface area contributed by atoms with Crippen LogP contribution in [0.25, 0.3) is 10.9 Å². The van der Waals surface area contributed by atoms with Crippen molar-refractivity contribution in [1.29, 1.82) is 0 Å². The molecule has 2 aromatic carbocycles. The summed E-state index contributed by atoms with van der Waals surface area (Å²) in [5.41, 5.74) is 3.17. The summed E-state index contributed by atoms with van der Waals surface area (Å²) < 4.78 is 5.11. The van der Waals surface area contributed by atoms with Gasteiger partial charge in [0, 0.05) is 28.7 Å². The summed E-state index contributed by atoms with van der Waals surface area (Å²) in [6, 6.07) is 13.3. The topological polar surface area (TPSA) is 54.1 Å². The fourth-order valence-electron chi connectivity index (χ4n) is 2.69. The lowest BCUT2D eigenvalue weighted by Gasteiger charge is -2.06. The summed E-state index contributed by atoms with van der Waals surface area (Å²) in [7, 11) is 1.62. The molecule has 0 radical (unpaired) electrons. The van der Waals surface area contributed by atoms with E-state index in [9.17, 15) is 4.79 Å². The maximum absolute atomic E-state index is 12.0. The molecule has 0 aliphatic rings. The molecule has 1 aromatic heterocycles. The first-order valence-corrected chi connectivity index (χ1v) is 8.18. The highest BCUT2D eigenvalue weighted by Crippen LogP contribution is 2.22. The lowest BCUT2D eigenvalue weighted by atomic mass is 10.1. The molecule has 0 aliphatic carbocycles. The minimum atomic E-state index is 0.0121. The van der Waals surface area contributed by atoms with Crippen molar-refractivity contribution in [1.82, 2.24) is 10.3 Å². The van der Waals surface area contributed by atoms with Crippen molar-refractivity contribution in [3.8, 4) is 5.75 Å². The molecule has 4 nitrogen and oxygen atoms in total. The van der Waals surface area contributed by atoms with Gasteiger partial charge in [0.05, 0.1) is 13.5 Å². The van der Waals surface area contributed by atoms with Crippen molar-refractivity contribution in [3.05, 3.63) is 64.8 Å². The summed E-state index contributed by atoms with van der Waals surface area (Å²) in [5.74, 6) is 0.801. The number of fused-ring (bicyclic) bond motifs is 1. The second-order valence-corrected chi connectivity index (χ2v) is 6.07. The van der Waals surface area contributed by atoms with E-state index < -0.39 is 0 Å². The molecule has 0 atom stereocenters. The molecule has 3 rings (SSSR count). The quantitative estimate of drug-likeness (QED) is 0.717. The molecule has 0 aliphatic heterocycles. The lowest BCUT2D eigenvalue weighted by molar-refractivity contribution is -0.120. The van der Waals surface area contributed by atoms with Crippen LogP contribution in [0.1, 0.15) is 11.1 Å². The molecule has 3 aromatic rings. The Labute approximate surface area is 145 Å². The number of H-pyrrole nitrogens is 1. The number of ether oxygens (including phenoxy) is 1. The van der Waals surface area contributed by atoms with Gasteiger partial charge < -0.3 is 15.0 Å². The molecule has 0 bridgehead atoms. The van der Waals surface area contributed by atoms with Crippen LogP contribution in [0, 0.1) is 0 Å². The Morgan fingerprint density at radius 3 is 2.75 bits per heavy atom. The molecule has 0 unspecified atom stereocenters. The van der Waals surface area contributed by atoms with Gasteiger partial charge in [0.1, 0.15) is 5.75 Å². The van der Waals surface area contributed by atoms with E-state index in [0.29, 0.717) is 18.0 Å². The molecule has 2 N–H and O–H groups in total. The summed E-state index contributed by atoms with van der Waals surface area (Å²) in [6.45, 7) is 0.592. The van der Waals surface area contributed by atoms with Gasteiger partial charge in [0.2, 0.25) is 5.91 Å². The van der Waals surface area contributed by atoms with Crippen LogP contribution in [0.3, 0.4) is 0 Å². The molecule has 1 heterocycles. The number of aromatic amines is 1. The normalized spacial score (nSPS) is 10.8. The molecular formula is C19H19ClN2O2. The number of amides is 1. The molecule has 24 heavy (non-hydrogen) atoms. The van der Waals surface area contributed by atoms with Gasteiger partial charge in [0.15, 0.2) is 0 Å². The Balaban J connectivity index is 1.53. The number of hydrogen-bond acceptors (Lipinski definition) is 2. The average Bonchev–Trinajstić information content (AvgIpc) is 2.98. The molecule has 0 spiro atoms. The van der Waals surface area contributed by atoms with E-state index in [-0.39, 0.29) is 5.91 Å². The summed E-state index contributed by atoms with van der Waals surface area (Å²) >= 11 is 6.05. The number of rotatable bonds is 6. The van der Waals surface area contributed by atoms with E-state index in [0.717, 1.165) is 34.2 Å². The predicted molar refractivity (Wildman–Crippen MR) is 96.7 cm³/mol. The first kappa shape index (κ1) is 16.4. The lowest BCUT2D eigenvalue weighted by Crippen LogP contribution is -2.27. The standard InChI is InChI=1S/C19H19ClN2O2/c1-24-16-5-2-13(3-6-16)10-19(23)21-9-8-14-12-22-18-7-4-15(20)11-17(14)18/h2-7,11-12,22H,8-10H2,1H3,(H,21,23). The van der Waals surface area contributed by atoms with Crippen LogP contribution in [-0.4, -0.2) is 24.5 Å². The van der Waals surface area contributed by atoms with Crippen LogP contribution < -0.4 is 10.1 Å². The summed E-state index contributed by atoms with van der Waals surface area (Å²) in [5, 5.41) is 4.78. The second-order valence-electron chi connectivity index (χ2n) is 5.63. The van der Waals surface area contributed by atoms with Gasteiger partial charge in [-0.1, -0.05) is 23.7 Å². The van der Waals surface area contributed by atoms with Crippen LogP contribution in [0.15, 0.2) is 48.7 Å². The average molecular weight is 343 g/mol. The zero-order valence-electron chi connectivity index (χ0n) is 13.4. The van der Waals surface area contributed by atoms with Crippen LogP contribution in [0.2, 0.25) is 5.02 Å². The number of halogens is 1. The van der Waals surface area contributed by atoms with E-state index in [1.807, 2.05) is 48.7 Å². The van der Waals surface area contributed by atoms with E-state index in [4.69, 9.17) is 16.3 Å². The van der Waals surface area contributed by atoms with Crippen molar-refractivity contribution in [2.75, 3.05) is 13.7 Å². The minimum absolute atomic E-state index is 0.0121. The van der Waals surface area contributed by atoms with Gasteiger partial charge >= 0.3 is 0 Å².